The summed E-state index contributed by atoms with van der Waals surface area (Å²) in [6, 6.07) is 0. The maximum absolute atomic E-state index is 12.7. The first kappa shape index (κ1) is 54.8. The zero-order valence-electron chi connectivity index (χ0n) is 37.5. The second-order valence-electron chi connectivity index (χ2n) is 14.5. The molecule has 59 heavy (non-hydrogen) atoms. The van der Waals surface area contributed by atoms with Crippen molar-refractivity contribution in [1.82, 2.24) is 0 Å². The van der Waals surface area contributed by atoms with Gasteiger partial charge in [-0.15, -0.1) is 0 Å². The zero-order valence-corrected chi connectivity index (χ0v) is 37.5. The van der Waals surface area contributed by atoms with Crippen LogP contribution in [-0.4, -0.2) is 37.2 Å². The van der Waals surface area contributed by atoms with Crippen molar-refractivity contribution in [1.29, 1.82) is 0 Å². The van der Waals surface area contributed by atoms with Crippen LogP contribution in [0.2, 0.25) is 0 Å². The predicted octanol–water partition coefficient (Wildman–Crippen LogP) is 15.0. The first-order valence-electron chi connectivity index (χ1n) is 23.0. The minimum atomic E-state index is -0.847. The summed E-state index contributed by atoms with van der Waals surface area (Å²) in [6.07, 6.45) is 63.5. The molecular weight excluding hydrogens is 733 g/mol. The first-order chi connectivity index (χ1) is 29.0. The van der Waals surface area contributed by atoms with Crippen molar-refractivity contribution < 1.29 is 28.6 Å². The molecule has 0 aliphatic rings. The van der Waals surface area contributed by atoms with Gasteiger partial charge in [-0.25, -0.2) is 0 Å². The molecule has 0 saturated carbocycles. The third kappa shape index (κ3) is 44.8. The van der Waals surface area contributed by atoms with Gasteiger partial charge in [-0.2, -0.15) is 0 Å². The van der Waals surface area contributed by atoms with Crippen LogP contribution in [0.3, 0.4) is 0 Å². The van der Waals surface area contributed by atoms with Crippen molar-refractivity contribution in [3.63, 3.8) is 0 Å². The van der Waals surface area contributed by atoms with Gasteiger partial charge in [0.15, 0.2) is 6.10 Å². The van der Waals surface area contributed by atoms with Gasteiger partial charge in [0, 0.05) is 19.3 Å². The lowest BCUT2D eigenvalue weighted by Gasteiger charge is -2.18. The molecule has 6 nitrogen and oxygen atoms in total. The number of rotatable bonds is 39. The summed E-state index contributed by atoms with van der Waals surface area (Å²) < 4.78 is 16.5. The average molecular weight is 815 g/mol. The molecule has 6 heteroatoms. The number of hydrogen-bond donors (Lipinski definition) is 0. The zero-order chi connectivity index (χ0) is 43.0. The van der Waals surface area contributed by atoms with Crippen molar-refractivity contribution >= 4 is 17.9 Å². The van der Waals surface area contributed by atoms with Gasteiger partial charge in [-0.05, 0) is 83.5 Å². The molecule has 0 heterocycles. The smallest absolute Gasteiger partial charge is 0.306 e. The Bertz CT molecular complexity index is 1300. The predicted molar refractivity (Wildman–Crippen MR) is 251 cm³/mol. The summed E-state index contributed by atoms with van der Waals surface area (Å²) in [4.78, 5) is 37.7. The summed E-state index contributed by atoms with van der Waals surface area (Å²) in [7, 11) is 0. The van der Waals surface area contributed by atoms with E-state index in [1.807, 2.05) is 24.3 Å². The minimum absolute atomic E-state index is 0.133. The molecular formula is C53H82O6. The normalized spacial score (nSPS) is 13.2. The molecule has 0 amide bonds. The van der Waals surface area contributed by atoms with Gasteiger partial charge in [-0.1, -0.05) is 194 Å². The summed E-state index contributed by atoms with van der Waals surface area (Å²) in [6.45, 7) is 6.22. The molecule has 0 aromatic carbocycles. The van der Waals surface area contributed by atoms with Gasteiger partial charge in [0.2, 0.25) is 0 Å². The van der Waals surface area contributed by atoms with E-state index < -0.39 is 12.1 Å². The molecule has 0 bridgehead atoms. The van der Waals surface area contributed by atoms with Crippen LogP contribution in [0.1, 0.15) is 175 Å². The topological polar surface area (TPSA) is 78.9 Å². The number of allylic oxidation sites excluding steroid dienone is 20. The van der Waals surface area contributed by atoms with Crippen LogP contribution in [0, 0.1) is 0 Å². The summed E-state index contributed by atoms with van der Waals surface area (Å²) >= 11 is 0. The highest BCUT2D eigenvalue weighted by atomic mass is 16.6. The monoisotopic (exact) mass is 815 g/mol. The molecule has 1 unspecified atom stereocenters. The highest BCUT2D eigenvalue weighted by Gasteiger charge is 2.19. The van der Waals surface area contributed by atoms with E-state index in [1.54, 1.807) is 0 Å². The molecule has 0 rings (SSSR count). The molecule has 0 N–H and O–H groups in total. The van der Waals surface area contributed by atoms with Gasteiger partial charge in [0.25, 0.3) is 0 Å². The maximum atomic E-state index is 12.7. The fourth-order valence-corrected chi connectivity index (χ4v) is 5.60. The molecule has 0 radical (unpaired) electrons. The summed E-state index contributed by atoms with van der Waals surface area (Å²) in [5.74, 6) is -1.12. The van der Waals surface area contributed by atoms with Crippen LogP contribution in [-0.2, 0) is 28.6 Å². The van der Waals surface area contributed by atoms with Gasteiger partial charge in [0.05, 0.1) is 0 Å². The van der Waals surface area contributed by atoms with Gasteiger partial charge >= 0.3 is 17.9 Å². The summed E-state index contributed by atoms with van der Waals surface area (Å²) in [5.41, 5.74) is 0. The van der Waals surface area contributed by atoms with Crippen molar-refractivity contribution in [3.8, 4) is 0 Å². The standard InChI is InChI=1S/C53H82O6/c1-4-7-10-13-16-19-21-23-25-27-29-31-34-37-40-43-46-52(55)58-49-50(48-57-51(54)45-42-39-36-33-18-15-12-9-6-3)59-53(56)47-44-41-38-35-32-30-28-26-24-22-20-17-14-11-8-5-2/h7-8,10-11,16-17,19-20,23-26,29-32,37-38,40-41,50H,4-6,9,12-15,18,21-22,27-28,33-36,39,42-49H2,1-3H3/b10-7-,11-8-,19-16-,20-17-,25-23-,26-24-,31-29-,32-30-,40-37-,41-38-. The highest BCUT2D eigenvalue weighted by Crippen LogP contribution is 2.12. The third-order valence-corrected chi connectivity index (χ3v) is 8.99. The van der Waals surface area contributed by atoms with Crippen molar-refractivity contribution in [3.05, 3.63) is 122 Å². The number of carbonyl (C=O) groups excluding carboxylic acids is 3. The van der Waals surface area contributed by atoms with Crippen LogP contribution in [0.4, 0.5) is 0 Å². The van der Waals surface area contributed by atoms with E-state index in [-0.39, 0.29) is 38.0 Å². The lowest BCUT2D eigenvalue weighted by Crippen LogP contribution is -2.30. The van der Waals surface area contributed by atoms with Gasteiger partial charge in [0.1, 0.15) is 13.2 Å². The summed E-state index contributed by atoms with van der Waals surface area (Å²) in [5, 5.41) is 0. The van der Waals surface area contributed by atoms with E-state index in [1.165, 1.54) is 38.5 Å². The number of ether oxygens (including phenoxy) is 3. The van der Waals surface area contributed by atoms with Crippen molar-refractivity contribution in [2.24, 2.45) is 0 Å². The van der Waals surface area contributed by atoms with E-state index >= 15 is 0 Å². The SMILES string of the molecule is CC/C=C\C/C=C\C/C=C\C/C=C\C/C=C\CCC(=O)OCC(COC(=O)CCCCCCCCCCC)OC(=O)CC/C=C\C/C=C\C/C=C\C/C=C\C/C=C\CC. The molecule has 0 aliphatic carbocycles. The molecule has 0 aromatic heterocycles. The van der Waals surface area contributed by atoms with E-state index in [0.717, 1.165) is 83.5 Å². The van der Waals surface area contributed by atoms with Crippen molar-refractivity contribution in [2.75, 3.05) is 13.2 Å². The average Bonchev–Trinajstić information content (AvgIpc) is 3.23. The number of carbonyl (C=O) groups is 3. The van der Waals surface area contributed by atoms with E-state index in [4.69, 9.17) is 14.2 Å². The Morgan fingerprint density at radius 3 is 1.03 bits per heavy atom. The third-order valence-electron chi connectivity index (χ3n) is 8.99. The number of hydrogen-bond acceptors (Lipinski definition) is 6. The maximum Gasteiger partial charge on any atom is 0.306 e. The molecule has 1 atom stereocenters. The van der Waals surface area contributed by atoms with Crippen LogP contribution in [0.25, 0.3) is 0 Å². The Hall–Kier alpha value is -4.19. The fraction of sp³-hybridized carbons (Fsp3) is 0.566. The molecule has 0 aromatic rings. The van der Waals surface area contributed by atoms with Gasteiger partial charge in [-0.3, -0.25) is 14.4 Å². The van der Waals surface area contributed by atoms with Crippen LogP contribution in [0.5, 0.6) is 0 Å². The lowest BCUT2D eigenvalue weighted by atomic mass is 10.1. The van der Waals surface area contributed by atoms with Crippen LogP contribution < -0.4 is 0 Å². The lowest BCUT2D eigenvalue weighted by molar-refractivity contribution is -0.166. The van der Waals surface area contributed by atoms with E-state index in [0.29, 0.717) is 19.3 Å². The van der Waals surface area contributed by atoms with E-state index in [2.05, 4.69) is 118 Å². The minimum Gasteiger partial charge on any atom is -0.462 e. The fourth-order valence-electron chi connectivity index (χ4n) is 5.60. The van der Waals surface area contributed by atoms with Crippen LogP contribution >= 0.6 is 0 Å². The molecule has 0 aliphatic heterocycles. The highest BCUT2D eigenvalue weighted by molar-refractivity contribution is 5.71. The number of unbranched alkanes of at least 4 members (excludes halogenated alkanes) is 8. The number of esters is 3. The first-order valence-corrected chi connectivity index (χ1v) is 23.0. The Labute approximate surface area is 361 Å². The Kier molecular flexibility index (Phi) is 43.2. The van der Waals surface area contributed by atoms with Crippen molar-refractivity contribution in [2.45, 2.75) is 181 Å². The molecule has 0 saturated heterocycles. The largest absolute Gasteiger partial charge is 0.462 e. The Morgan fingerprint density at radius 1 is 0.356 bits per heavy atom. The molecule has 0 spiro atoms. The van der Waals surface area contributed by atoms with Crippen LogP contribution in [0.15, 0.2) is 122 Å². The second-order valence-corrected chi connectivity index (χ2v) is 14.5. The quantitative estimate of drug-likeness (QED) is 0.0266. The Morgan fingerprint density at radius 2 is 0.661 bits per heavy atom. The van der Waals surface area contributed by atoms with E-state index in [9.17, 15) is 14.4 Å². The molecule has 0 fully saturated rings. The second kappa shape index (κ2) is 46.5. The van der Waals surface area contributed by atoms with Gasteiger partial charge < -0.3 is 14.2 Å². The Balaban J connectivity index is 4.62. The molecule has 330 valence electrons.